The van der Waals surface area contributed by atoms with Gasteiger partial charge in [-0.3, -0.25) is 0 Å². The van der Waals surface area contributed by atoms with E-state index in [2.05, 4.69) is 11.2 Å². The molecule has 86 valence electrons. The van der Waals surface area contributed by atoms with Crippen molar-refractivity contribution in [2.75, 3.05) is 6.61 Å². The van der Waals surface area contributed by atoms with Gasteiger partial charge >= 0.3 is 6.09 Å². The zero-order valence-corrected chi connectivity index (χ0v) is 9.54. The highest BCUT2D eigenvalue weighted by Gasteiger charge is 2.18. The summed E-state index contributed by atoms with van der Waals surface area (Å²) in [5.74, 6) is 2.45. The third-order valence-electron chi connectivity index (χ3n) is 1.58. The molecule has 0 aromatic rings. The van der Waals surface area contributed by atoms with Crippen molar-refractivity contribution in [3.8, 4) is 12.3 Å². The Balaban J connectivity index is 3.97. The second-order valence-electron chi connectivity index (χ2n) is 4.27. The topological polar surface area (TPSA) is 58.6 Å². The van der Waals surface area contributed by atoms with Gasteiger partial charge in [0, 0.05) is 6.42 Å². The Morgan fingerprint density at radius 3 is 2.60 bits per heavy atom. The lowest BCUT2D eigenvalue weighted by Gasteiger charge is -2.22. The van der Waals surface area contributed by atoms with Crippen molar-refractivity contribution < 1.29 is 14.6 Å². The van der Waals surface area contributed by atoms with Crippen LogP contribution in [-0.2, 0) is 4.74 Å². The molecule has 0 radical (unpaired) electrons. The van der Waals surface area contributed by atoms with Gasteiger partial charge in [-0.2, -0.15) is 0 Å². The molecule has 0 aliphatic carbocycles. The van der Waals surface area contributed by atoms with Gasteiger partial charge in [-0.15, -0.1) is 12.3 Å². The second-order valence-corrected chi connectivity index (χ2v) is 4.27. The van der Waals surface area contributed by atoms with Crippen LogP contribution >= 0.6 is 0 Å². The van der Waals surface area contributed by atoms with Crippen molar-refractivity contribution >= 4 is 6.09 Å². The molecule has 4 heteroatoms. The third-order valence-corrected chi connectivity index (χ3v) is 1.58. The van der Waals surface area contributed by atoms with Gasteiger partial charge in [-0.1, -0.05) is 0 Å². The number of aliphatic hydroxyl groups is 1. The first-order chi connectivity index (χ1) is 6.89. The number of carbonyl (C=O) groups excluding carboxylic acids is 1. The van der Waals surface area contributed by atoms with Crippen molar-refractivity contribution in [3.63, 3.8) is 0 Å². The Labute approximate surface area is 91.0 Å². The number of rotatable bonds is 4. The van der Waals surface area contributed by atoms with Gasteiger partial charge in [0.2, 0.25) is 0 Å². The van der Waals surface area contributed by atoms with Crippen LogP contribution in [0.15, 0.2) is 0 Å². The first-order valence-corrected chi connectivity index (χ1v) is 4.93. The molecule has 0 rings (SSSR count). The molecule has 0 spiro atoms. The number of ether oxygens (including phenoxy) is 1. The van der Waals surface area contributed by atoms with Crippen LogP contribution < -0.4 is 5.32 Å². The molecule has 0 saturated carbocycles. The van der Waals surface area contributed by atoms with Gasteiger partial charge in [-0.25, -0.2) is 4.79 Å². The van der Waals surface area contributed by atoms with E-state index in [-0.39, 0.29) is 12.6 Å². The summed E-state index contributed by atoms with van der Waals surface area (Å²) in [6.45, 7) is 5.20. The summed E-state index contributed by atoms with van der Waals surface area (Å²) in [5.41, 5.74) is -0.532. The Morgan fingerprint density at radius 2 is 2.20 bits per heavy atom. The van der Waals surface area contributed by atoms with E-state index in [9.17, 15) is 4.79 Å². The van der Waals surface area contributed by atoms with E-state index in [1.165, 1.54) is 0 Å². The maximum absolute atomic E-state index is 11.3. The average molecular weight is 213 g/mol. The normalized spacial score (nSPS) is 12.7. The Morgan fingerprint density at radius 1 is 1.60 bits per heavy atom. The molecule has 0 bridgehead atoms. The van der Waals surface area contributed by atoms with E-state index in [0.29, 0.717) is 12.8 Å². The highest BCUT2D eigenvalue weighted by molar-refractivity contribution is 5.68. The standard InChI is InChI=1S/C11H19NO3/c1-5-6-7-9(8-13)12-10(14)15-11(2,3)4/h1,9,13H,6-8H2,2-4H3,(H,12,14)/t9-/m0/s1. The number of alkyl carbamates (subject to hydrolysis) is 1. The summed E-state index contributed by atoms with van der Waals surface area (Å²) in [4.78, 5) is 11.3. The minimum atomic E-state index is -0.532. The molecule has 0 fully saturated rings. The van der Waals surface area contributed by atoms with Gasteiger partial charge in [0.1, 0.15) is 5.60 Å². The lowest BCUT2D eigenvalue weighted by atomic mass is 10.2. The molecule has 0 saturated heterocycles. The molecule has 15 heavy (non-hydrogen) atoms. The molecule has 4 nitrogen and oxygen atoms in total. The fraction of sp³-hybridized carbons (Fsp3) is 0.727. The molecule has 1 atom stereocenters. The smallest absolute Gasteiger partial charge is 0.407 e. The van der Waals surface area contributed by atoms with E-state index >= 15 is 0 Å². The summed E-state index contributed by atoms with van der Waals surface area (Å²) in [5, 5.41) is 11.5. The van der Waals surface area contributed by atoms with Crippen LogP contribution in [0, 0.1) is 12.3 Å². The molecule has 0 aromatic heterocycles. The number of aliphatic hydroxyl groups excluding tert-OH is 1. The van der Waals surface area contributed by atoms with Crippen LogP contribution in [-0.4, -0.2) is 29.4 Å². The fourth-order valence-corrected chi connectivity index (χ4v) is 0.941. The molecule has 0 aromatic carbocycles. The number of terminal acetylenes is 1. The number of carbonyl (C=O) groups is 1. The van der Waals surface area contributed by atoms with Gasteiger partial charge in [0.25, 0.3) is 0 Å². The molecule has 0 heterocycles. The molecular formula is C11H19NO3. The molecule has 2 N–H and O–H groups in total. The zero-order valence-electron chi connectivity index (χ0n) is 9.54. The molecule has 1 amide bonds. The quantitative estimate of drug-likeness (QED) is 0.692. The molecular weight excluding hydrogens is 194 g/mol. The number of hydrogen-bond donors (Lipinski definition) is 2. The van der Waals surface area contributed by atoms with Crippen LogP contribution in [0.5, 0.6) is 0 Å². The predicted octanol–water partition coefficient (Wildman–Crippen LogP) is 1.29. The van der Waals surface area contributed by atoms with E-state index in [0.717, 1.165) is 0 Å². The van der Waals surface area contributed by atoms with E-state index in [4.69, 9.17) is 16.3 Å². The summed E-state index contributed by atoms with van der Waals surface area (Å²) >= 11 is 0. The highest BCUT2D eigenvalue weighted by Crippen LogP contribution is 2.07. The molecule has 0 aliphatic rings. The zero-order chi connectivity index (χ0) is 11.9. The summed E-state index contributed by atoms with van der Waals surface area (Å²) in [7, 11) is 0. The number of amides is 1. The second kappa shape index (κ2) is 6.31. The Kier molecular flexibility index (Phi) is 5.80. The summed E-state index contributed by atoms with van der Waals surface area (Å²) < 4.78 is 5.04. The third kappa shape index (κ3) is 7.83. The van der Waals surface area contributed by atoms with Crippen LogP contribution in [0.1, 0.15) is 33.6 Å². The minimum Gasteiger partial charge on any atom is -0.444 e. The molecule has 0 aliphatic heterocycles. The van der Waals surface area contributed by atoms with Gasteiger partial charge in [-0.05, 0) is 27.2 Å². The Bertz CT molecular complexity index is 237. The van der Waals surface area contributed by atoms with Crippen LogP contribution in [0.2, 0.25) is 0 Å². The first-order valence-electron chi connectivity index (χ1n) is 4.93. The maximum atomic E-state index is 11.3. The van der Waals surface area contributed by atoms with Crippen molar-refractivity contribution in [2.45, 2.75) is 45.3 Å². The number of hydrogen-bond acceptors (Lipinski definition) is 3. The van der Waals surface area contributed by atoms with Gasteiger partial charge in [0.05, 0.1) is 12.6 Å². The van der Waals surface area contributed by atoms with E-state index in [1.807, 2.05) is 0 Å². The monoisotopic (exact) mass is 213 g/mol. The van der Waals surface area contributed by atoms with E-state index in [1.54, 1.807) is 20.8 Å². The lowest BCUT2D eigenvalue weighted by Crippen LogP contribution is -2.40. The van der Waals surface area contributed by atoms with Gasteiger partial charge < -0.3 is 15.2 Å². The van der Waals surface area contributed by atoms with Crippen molar-refractivity contribution in [1.29, 1.82) is 0 Å². The summed E-state index contributed by atoms with van der Waals surface area (Å²) in [6.07, 6.45) is 5.62. The predicted molar refractivity (Wildman–Crippen MR) is 58.3 cm³/mol. The van der Waals surface area contributed by atoms with Gasteiger partial charge in [0.15, 0.2) is 0 Å². The highest BCUT2D eigenvalue weighted by atomic mass is 16.6. The Hall–Kier alpha value is -1.21. The first kappa shape index (κ1) is 13.8. The van der Waals surface area contributed by atoms with Crippen molar-refractivity contribution in [3.05, 3.63) is 0 Å². The van der Waals surface area contributed by atoms with Crippen LogP contribution in [0.4, 0.5) is 4.79 Å². The summed E-state index contributed by atoms with van der Waals surface area (Å²) in [6, 6.07) is -0.337. The molecule has 0 unspecified atom stereocenters. The maximum Gasteiger partial charge on any atom is 0.407 e. The van der Waals surface area contributed by atoms with Crippen LogP contribution in [0.25, 0.3) is 0 Å². The largest absolute Gasteiger partial charge is 0.444 e. The average Bonchev–Trinajstić information content (AvgIpc) is 2.09. The lowest BCUT2D eigenvalue weighted by molar-refractivity contribution is 0.0480. The van der Waals surface area contributed by atoms with Crippen molar-refractivity contribution in [1.82, 2.24) is 5.32 Å². The van der Waals surface area contributed by atoms with Crippen LogP contribution in [0.3, 0.4) is 0 Å². The fourth-order valence-electron chi connectivity index (χ4n) is 0.941. The SMILES string of the molecule is C#CCC[C@@H](CO)NC(=O)OC(C)(C)C. The minimum absolute atomic E-state index is 0.138. The van der Waals surface area contributed by atoms with E-state index < -0.39 is 11.7 Å². The number of nitrogens with one attached hydrogen (secondary N) is 1. The van der Waals surface area contributed by atoms with Crippen molar-refractivity contribution in [2.24, 2.45) is 0 Å².